The highest BCUT2D eigenvalue weighted by atomic mass is 16.1. The number of rotatable bonds is 1. The van der Waals surface area contributed by atoms with Gasteiger partial charge in [0.2, 0.25) is 0 Å². The first kappa shape index (κ1) is 6.86. The Morgan fingerprint density at radius 1 is 1.50 bits per heavy atom. The molecule has 0 aliphatic rings. The molecule has 0 amide bonds. The summed E-state index contributed by atoms with van der Waals surface area (Å²) >= 11 is 0. The van der Waals surface area contributed by atoms with E-state index in [1.807, 2.05) is 0 Å². The lowest BCUT2D eigenvalue weighted by atomic mass is 10.3. The molecule has 3 nitrogen and oxygen atoms in total. The van der Waals surface area contributed by atoms with E-state index in [2.05, 4.69) is 9.97 Å². The molecule has 0 fully saturated rings. The third-order valence-electron chi connectivity index (χ3n) is 1.26. The fourth-order valence-electron chi connectivity index (χ4n) is 0.708. The fraction of sp³-hybridized carbons (Fsp3) is 0.286. The predicted molar refractivity (Wildman–Crippen MR) is 36.9 cm³/mol. The maximum atomic E-state index is 10.3. The normalized spacial score (nSPS) is 9.40. The summed E-state index contributed by atoms with van der Waals surface area (Å²) in [7, 11) is 0. The Bertz CT molecular complexity index is 258. The van der Waals surface area contributed by atoms with Crippen LogP contribution >= 0.6 is 0 Å². The second-order valence-electron chi connectivity index (χ2n) is 2.08. The Balaban J connectivity index is 3.19. The highest BCUT2D eigenvalue weighted by molar-refractivity contribution is 5.75. The summed E-state index contributed by atoms with van der Waals surface area (Å²) in [6.07, 6.45) is 2.29. The molecule has 0 unspecified atom stereocenters. The molecule has 0 bridgehead atoms. The van der Waals surface area contributed by atoms with Gasteiger partial charge < -0.3 is 0 Å². The van der Waals surface area contributed by atoms with Crippen molar-refractivity contribution < 1.29 is 4.79 Å². The van der Waals surface area contributed by atoms with E-state index < -0.39 is 0 Å². The topological polar surface area (TPSA) is 42.9 Å². The summed E-state index contributed by atoms with van der Waals surface area (Å²) < 4.78 is 0. The average Bonchev–Trinajstić information content (AvgIpc) is 1.88. The van der Waals surface area contributed by atoms with Crippen LogP contribution in [0.25, 0.3) is 0 Å². The number of carbonyl (C=O) groups excluding carboxylic acids is 1. The quantitative estimate of drug-likeness (QED) is 0.539. The number of aryl methyl sites for hydroxylation is 2. The zero-order chi connectivity index (χ0) is 7.56. The lowest BCUT2D eigenvalue weighted by Gasteiger charge is -1.95. The summed E-state index contributed by atoms with van der Waals surface area (Å²) in [5.74, 6) is 0.697. The second kappa shape index (κ2) is 2.56. The molecule has 0 aromatic carbocycles. The molecule has 0 aliphatic carbocycles. The van der Waals surface area contributed by atoms with Gasteiger partial charge in [-0.05, 0) is 13.8 Å². The number of hydrogen-bond acceptors (Lipinski definition) is 3. The van der Waals surface area contributed by atoms with Crippen molar-refractivity contribution in [3.63, 3.8) is 0 Å². The van der Waals surface area contributed by atoms with Crippen LogP contribution in [0.3, 0.4) is 0 Å². The molecule has 0 atom stereocenters. The van der Waals surface area contributed by atoms with E-state index in [0.29, 0.717) is 11.4 Å². The molecule has 52 valence electrons. The maximum Gasteiger partial charge on any atom is 0.153 e. The summed E-state index contributed by atoms with van der Waals surface area (Å²) in [5, 5.41) is 0. The van der Waals surface area contributed by atoms with E-state index in [9.17, 15) is 4.79 Å². The van der Waals surface area contributed by atoms with Crippen LogP contribution in [0.2, 0.25) is 0 Å². The van der Waals surface area contributed by atoms with Crippen molar-refractivity contribution in [3.8, 4) is 0 Å². The van der Waals surface area contributed by atoms with Gasteiger partial charge in [-0.25, -0.2) is 9.97 Å². The van der Waals surface area contributed by atoms with Gasteiger partial charge in [-0.2, -0.15) is 0 Å². The third kappa shape index (κ3) is 1.18. The van der Waals surface area contributed by atoms with Gasteiger partial charge in [0.05, 0.1) is 11.3 Å². The minimum atomic E-state index is 0.561. The van der Waals surface area contributed by atoms with E-state index in [1.165, 1.54) is 6.20 Å². The summed E-state index contributed by atoms with van der Waals surface area (Å²) in [6.45, 7) is 3.58. The molecular weight excluding hydrogens is 128 g/mol. The van der Waals surface area contributed by atoms with Gasteiger partial charge in [-0.15, -0.1) is 0 Å². The van der Waals surface area contributed by atoms with E-state index in [1.54, 1.807) is 13.8 Å². The molecule has 0 radical (unpaired) electrons. The number of aromatic nitrogens is 2. The Kier molecular flexibility index (Phi) is 1.76. The lowest BCUT2D eigenvalue weighted by molar-refractivity contribution is 0.112. The molecule has 1 rings (SSSR count). The number of hydrogen-bond donors (Lipinski definition) is 0. The molecule has 0 spiro atoms. The molecule has 0 aliphatic heterocycles. The average molecular weight is 136 g/mol. The zero-order valence-corrected chi connectivity index (χ0v) is 5.96. The van der Waals surface area contributed by atoms with Crippen LogP contribution in [-0.2, 0) is 0 Å². The van der Waals surface area contributed by atoms with E-state index in [4.69, 9.17) is 0 Å². The molecule has 1 aromatic heterocycles. The minimum Gasteiger partial charge on any atom is -0.298 e. The van der Waals surface area contributed by atoms with Gasteiger partial charge in [-0.3, -0.25) is 4.79 Å². The number of aldehydes is 1. The molecule has 0 saturated heterocycles. The van der Waals surface area contributed by atoms with E-state index in [0.717, 1.165) is 12.0 Å². The summed E-state index contributed by atoms with van der Waals surface area (Å²) in [5.41, 5.74) is 1.30. The zero-order valence-electron chi connectivity index (χ0n) is 5.96. The van der Waals surface area contributed by atoms with Crippen molar-refractivity contribution in [2.24, 2.45) is 0 Å². The van der Waals surface area contributed by atoms with Gasteiger partial charge in [0.25, 0.3) is 0 Å². The van der Waals surface area contributed by atoms with Gasteiger partial charge in [-0.1, -0.05) is 0 Å². The molecule has 0 saturated carbocycles. The monoisotopic (exact) mass is 136 g/mol. The van der Waals surface area contributed by atoms with Crippen LogP contribution < -0.4 is 0 Å². The standard InChI is InChI=1S/C7H8N2O/c1-5-7(4-10)3-8-6(2)9-5/h3-4H,1-2H3. The molecule has 1 aromatic rings. The minimum absolute atomic E-state index is 0.561. The first-order valence-electron chi connectivity index (χ1n) is 2.99. The van der Waals surface area contributed by atoms with Crippen LogP contribution in [0.15, 0.2) is 6.20 Å². The van der Waals surface area contributed by atoms with Crippen molar-refractivity contribution in [3.05, 3.63) is 23.3 Å². The molecule has 1 heterocycles. The van der Waals surface area contributed by atoms with Crippen LogP contribution in [0.5, 0.6) is 0 Å². The van der Waals surface area contributed by atoms with E-state index >= 15 is 0 Å². The second-order valence-corrected chi connectivity index (χ2v) is 2.08. The summed E-state index contributed by atoms with van der Waals surface area (Å²) in [4.78, 5) is 18.1. The summed E-state index contributed by atoms with van der Waals surface area (Å²) in [6, 6.07) is 0. The largest absolute Gasteiger partial charge is 0.298 e. The highest BCUT2D eigenvalue weighted by Gasteiger charge is 1.96. The van der Waals surface area contributed by atoms with Gasteiger partial charge >= 0.3 is 0 Å². The highest BCUT2D eigenvalue weighted by Crippen LogP contribution is 1.98. The van der Waals surface area contributed by atoms with Gasteiger partial charge in [0, 0.05) is 6.20 Å². The Morgan fingerprint density at radius 2 is 2.20 bits per heavy atom. The van der Waals surface area contributed by atoms with Crippen molar-refractivity contribution >= 4 is 6.29 Å². The van der Waals surface area contributed by atoms with Crippen molar-refractivity contribution in [2.45, 2.75) is 13.8 Å². The Morgan fingerprint density at radius 3 is 2.70 bits per heavy atom. The molecule has 10 heavy (non-hydrogen) atoms. The van der Waals surface area contributed by atoms with Crippen LogP contribution in [0.1, 0.15) is 21.9 Å². The Hall–Kier alpha value is -1.25. The number of carbonyl (C=O) groups is 1. The van der Waals surface area contributed by atoms with Crippen LogP contribution in [0.4, 0.5) is 0 Å². The van der Waals surface area contributed by atoms with E-state index in [-0.39, 0.29) is 0 Å². The smallest absolute Gasteiger partial charge is 0.153 e. The number of nitrogens with zero attached hydrogens (tertiary/aromatic N) is 2. The first-order valence-corrected chi connectivity index (χ1v) is 2.99. The molecule has 3 heteroatoms. The fourth-order valence-corrected chi connectivity index (χ4v) is 0.708. The maximum absolute atomic E-state index is 10.3. The van der Waals surface area contributed by atoms with Crippen molar-refractivity contribution in [1.29, 1.82) is 0 Å². The molecular formula is C7H8N2O. The Labute approximate surface area is 59.1 Å². The first-order chi connectivity index (χ1) is 4.74. The lowest BCUT2D eigenvalue weighted by Crippen LogP contribution is -1.95. The van der Waals surface area contributed by atoms with Crippen molar-refractivity contribution in [1.82, 2.24) is 9.97 Å². The van der Waals surface area contributed by atoms with Crippen molar-refractivity contribution in [2.75, 3.05) is 0 Å². The third-order valence-corrected chi connectivity index (χ3v) is 1.26. The SMILES string of the molecule is Cc1ncc(C=O)c(C)n1. The van der Waals surface area contributed by atoms with Crippen LogP contribution in [0, 0.1) is 13.8 Å². The molecule has 0 N–H and O–H groups in total. The van der Waals surface area contributed by atoms with Gasteiger partial charge in [0.1, 0.15) is 5.82 Å². The van der Waals surface area contributed by atoms with Crippen LogP contribution in [-0.4, -0.2) is 16.3 Å². The predicted octanol–water partition coefficient (Wildman–Crippen LogP) is 0.906. The van der Waals surface area contributed by atoms with Gasteiger partial charge in [0.15, 0.2) is 6.29 Å².